The van der Waals surface area contributed by atoms with Gasteiger partial charge in [0.05, 0.1) is 17.8 Å². The third kappa shape index (κ3) is 6.43. The zero-order valence-electron chi connectivity index (χ0n) is 47.0. The molecule has 2 aromatic heterocycles. The van der Waals surface area contributed by atoms with Crippen molar-refractivity contribution in [1.29, 1.82) is 0 Å². The first-order chi connectivity index (χ1) is 35.4. The van der Waals surface area contributed by atoms with Gasteiger partial charge in [0.2, 0.25) is 0 Å². The molecule has 6 aromatic carbocycles. The van der Waals surface area contributed by atoms with Gasteiger partial charge in [-0.2, -0.15) is 0 Å². The highest BCUT2D eigenvalue weighted by Gasteiger charge is 2.58. The van der Waals surface area contributed by atoms with Gasteiger partial charge in [-0.05, 0) is 143 Å². The number of furan rings is 1. The largest absolute Gasteiger partial charge is 0.492 e. The number of fused-ring (bicyclic) bond motifs is 14. The lowest BCUT2D eigenvalue weighted by Crippen LogP contribution is -2.61. The Morgan fingerprint density at radius 1 is 0.547 bits per heavy atom. The third-order valence-corrected chi connectivity index (χ3v) is 21.0. The maximum atomic E-state index is 7.70. The maximum absolute atomic E-state index is 7.70. The summed E-state index contributed by atoms with van der Waals surface area (Å²) in [6, 6.07) is 43.4. The molecule has 4 aliphatic heterocycles. The molecular weight excluding hydrogens is 934 g/mol. The number of hydrogen-bond donors (Lipinski definition) is 0. The van der Waals surface area contributed by atoms with Crippen LogP contribution in [-0.2, 0) is 32.5 Å². The average Bonchev–Trinajstić information content (AvgIpc) is 4.16. The van der Waals surface area contributed by atoms with Crippen molar-refractivity contribution in [1.82, 2.24) is 0 Å². The van der Waals surface area contributed by atoms with Gasteiger partial charge in [0.1, 0.15) is 17.1 Å². The van der Waals surface area contributed by atoms with Crippen molar-refractivity contribution < 1.29 is 9.15 Å². The molecule has 6 heterocycles. The van der Waals surface area contributed by atoms with Gasteiger partial charge >= 0.3 is 0 Å². The van der Waals surface area contributed by atoms with Gasteiger partial charge in [-0.15, -0.1) is 11.3 Å². The van der Waals surface area contributed by atoms with Crippen LogP contribution in [0.5, 0.6) is 5.75 Å². The lowest BCUT2D eigenvalue weighted by Gasteiger charge is -2.51. The molecule has 14 rings (SSSR count). The standard InChI is InChI=1S/C68H74BN3O2S/c1-62(2,3)40-21-25-42(26-22-40)70-50-30-29-45-55-60(65(9,10)34-33-64(55,7)8)74-59(45)57(50)69-56-51(70)35-44(72-49-20-16-15-19-47(49)67(13)31-17-18-32-68(67,72)14)36-52(56)71(43-27-23-41(24-28-43)63(4,5)6)58-46-37-53-48(66(11,12)39-73-53)38-54(46)75-61(58)69/h15-16,19-30,35-38H,17-18,31-34,39H2,1-14H3. The number of rotatable bonds is 3. The van der Waals surface area contributed by atoms with Crippen LogP contribution in [0.25, 0.3) is 21.1 Å². The van der Waals surface area contributed by atoms with Gasteiger partial charge in [0.25, 0.3) is 6.71 Å². The predicted molar refractivity (Wildman–Crippen MR) is 320 cm³/mol. The summed E-state index contributed by atoms with van der Waals surface area (Å²) < 4.78 is 17.0. The summed E-state index contributed by atoms with van der Waals surface area (Å²) in [5.41, 5.74) is 19.9. The summed E-state index contributed by atoms with van der Waals surface area (Å²) in [4.78, 5) is 8.09. The average molecular weight is 1010 g/mol. The normalized spacial score (nSPS) is 22.6. The molecule has 2 aliphatic carbocycles. The van der Waals surface area contributed by atoms with Crippen molar-refractivity contribution in [2.45, 2.75) is 173 Å². The highest BCUT2D eigenvalue weighted by Crippen LogP contribution is 2.62. The third-order valence-electron chi connectivity index (χ3n) is 19.8. The topological polar surface area (TPSA) is 32.1 Å². The summed E-state index contributed by atoms with van der Waals surface area (Å²) in [5, 5.41) is 2.51. The van der Waals surface area contributed by atoms with E-state index in [9.17, 15) is 0 Å². The molecular formula is C68H74BN3O2S. The fourth-order valence-corrected chi connectivity index (χ4v) is 16.5. The second kappa shape index (κ2) is 15.2. The molecule has 1 saturated carbocycles. The van der Waals surface area contributed by atoms with E-state index in [1.54, 1.807) is 0 Å². The van der Waals surface area contributed by atoms with Crippen molar-refractivity contribution in [3.05, 3.63) is 143 Å². The van der Waals surface area contributed by atoms with E-state index in [4.69, 9.17) is 9.15 Å². The van der Waals surface area contributed by atoms with Crippen LogP contribution in [0.15, 0.2) is 114 Å². The Bertz CT molecular complexity index is 3730. The zero-order chi connectivity index (χ0) is 52.3. The number of para-hydroxylation sites is 1. The first-order valence-electron chi connectivity index (χ1n) is 28.1. The van der Waals surface area contributed by atoms with Crippen molar-refractivity contribution in [2.75, 3.05) is 21.3 Å². The SMILES string of the molecule is CC(C)(C)c1ccc(N2c3cc(N4c5ccccc5C5(C)CCCCC45C)cc4c3B(c3sc5cc6c(cc5c3N4c3ccc(C(C)(C)C)cc3)OCC6(C)C)c3c2ccc2c4c(oc32)C(C)(C)CCC4(C)C)cc1. The number of hydrogen-bond acceptors (Lipinski definition) is 6. The Hall–Kier alpha value is -5.92. The number of benzene rings is 6. The highest BCUT2D eigenvalue weighted by molar-refractivity contribution is 7.34. The van der Waals surface area contributed by atoms with Crippen LogP contribution in [0.3, 0.4) is 0 Å². The minimum atomic E-state index is -0.140. The molecule has 6 aliphatic rings. The van der Waals surface area contributed by atoms with Crippen molar-refractivity contribution in [3.8, 4) is 5.75 Å². The molecule has 0 saturated heterocycles. The van der Waals surface area contributed by atoms with Gasteiger partial charge in [-0.1, -0.05) is 145 Å². The first kappa shape index (κ1) is 47.5. The number of ether oxygens (including phenoxy) is 1. The summed E-state index contributed by atoms with van der Waals surface area (Å²) in [6.45, 7) is 34.0. The molecule has 0 bridgehead atoms. The van der Waals surface area contributed by atoms with Gasteiger partial charge in [-0.25, -0.2) is 0 Å². The number of anilines is 8. The van der Waals surface area contributed by atoms with E-state index in [0.29, 0.717) is 6.61 Å². The second-order valence-electron chi connectivity index (χ2n) is 28.0. The molecule has 2 unspecified atom stereocenters. The maximum Gasteiger partial charge on any atom is 0.269 e. The fraction of sp³-hybridized carbons (Fsp3) is 0.412. The van der Waals surface area contributed by atoms with Gasteiger partial charge in [0, 0.05) is 87.4 Å². The van der Waals surface area contributed by atoms with Gasteiger partial charge in [0.15, 0.2) is 0 Å². The lowest BCUT2D eigenvalue weighted by molar-refractivity contribution is 0.195. The molecule has 0 radical (unpaired) electrons. The van der Waals surface area contributed by atoms with Gasteiger partial charge in [-0.3, -0.25) is 0 Å². The molecule has 8 aromatic rings. The smallest absolute Gasteiger partial charge is 0.269 e. The molecule has 0 spiro atoms. The lowest BCUT2D eigenvalue weighted by atomic mass is 9.36. The molecule has 75 heavy (non-hydrogen) atoms. The molecule has 1 fully saturated rings. The predicted octanol–water partition coefficient (Wildman–Crippen LogP) is 17.1. The first-order valence-corrected chi connectivity index (χ1v) is 29.0. The molecule has 0 N–H and O–H groups in total. The highest BCUT2D eigenvalue weighted by atomic mass is 32.1. The van der Waals surface area contributed by atoms with E-state index in [0.717, 1.165) is 42.0 Å². The molecule has 5 nitrogen and oxygen atoms in total. The van der Waals surface area contributed by atoms with Crippen LogP contribution in [0.1, 0.15) is 169 Å². The Morgan fingerprint density at radius 3 is 1.85 bits per heavy atom. The van der Waals surface area contributed by atoms with Gasteiger partial charge < -0.3 is 23.9 Å². The Morgan fingerprint density at radius 2 is 1.17 bits per heavy atom. The van der Waals surface area contributed by atoms with E-state index in [2.05, 4.69) is 221 Å². The summed E-state index contributed by atoms with van der Waals surface area (Å²) in [6.07, 6.45) is 6.97. The summed E-state index contributed by atoms with van der Waals surface area (Å²) in [7, 11) is 0. The Balaban J connectivity index is 1.15. The van der Waals surface area contributed by atoms with Crippen molar-refractivity contribution in [2.24, 2.45) is 0 Å². The summed E-state index contributed by atoms with van der Waals surface area (Å²) >= 11 is 1.99. The van der Waals surface area contributed by atoms with Crippen molar-refractivity contribution >= 4 is 100 Å². The van der Waals surface area contributed by atoms with Crippen molar-refractivity contribution in [3.63, 3.8) is 0 Å². The monoisotopic (exact) mass is 1010 g/mol. The minimum Gasteiger partial charge on any atom is -0.492 e. The van der Waals surface area contributed by atoms with Crippen LogP contribution in [-0.4, -0.2) is 18.9 Å². The quantitative estimate of drug-likeness (QED) is 0.165. The molecule has 0 amide bonds. The fourth-order valence-electron chi connectivity index (χ4n) is 15.1. The van der Waals surface area contributed by atoms with Crippen LogP contribution in [0, 0.1) is 0 Å². The number of thiophene rings is 1. The van der Waals surface area contributed by atoms with Crippen LogP contribution >= 0.6 is 11.3 Å². The van der Waals surface area contributed by atoms with E-state index < -0.39 is 0 Å². The van der Waals surface area contributed by atoms with Crippen LogP contribution < -0.4 is 35.1 Å². The van der Waals surface area contributed by atoms with E-state index in [1.165, 1.54) is 118 Å². The Labute approximate surface area is 450 Å². The molecule has 382 valence electrons. The second-order valence-corrected chi connectivity index (χ2v) is 29.1. The zero-order valence-corrected chi connectivity index (χ0v) is 47.8. The molecule has 2 atom stereocenters. The van der Waals surface area contributed by atoms with E-state index in [-0.39, 0.29) is 44.7 Å². The molecule has 7 heteroatoms. The van der Waals surface area contributed by atoms with E-state index >= 15 is 0 Å². The van der Waals surface area contributed by atoms with Crippen LogP contribution in [0.4, 0.5) is 45.5 Å². The summed E-state index contributed by atoms with van der Waals surface area (Å²) in [5.74, 6) is 2.17. The van der Waals surface area contributed by atoms with E-state index in [1.807, 2.05) is 11.3 Å². The minimum absolute atomic E-state index is 0.00420. The Kier molecular flexibility index (Phi) is 9.62. The van der Waals surface area contributed by atoms with Crippen LogP contribution in [0.2, 0.25) is 0 Å². The number of nitrogens with zero attached hydrogens (tertiary/aromatic N) is 3.